The fourth-order valence-corrected chi connectivity index (χ4v) is 0.744. The maximum absolute atomic E-state index is 3.22. The van der Waals surface area contributed by atoms with Gasteiger partial charge in [0.25, 0.3) is 0 Å². The third-order valence-corrected chi connectivity index (χ3v) is 1.09. The molecule has 1 aliphatic rings. The molecule has 0 spiro atoms. The normalized spacial score (nSPS) is 19.8. The summed E-state index contributed by atoms with van der Waals surface area (Å²) in [6.07, 6.45) is 7.47. The Kier molecular flexibility index (Phi) is 13.8. The van der Waals surface area contributed by atoms with Gasteiger partial charge in [0.05, 0.1) is 0 Å². The van der Waals surface area contributed by atoms with E-state index >= 15 is 0 Å². The molecule has 0 heterocycles. The fourth-order valence-electron chi connectivity index (χ4n) is 0.744. The fraction of sp³-hybridized carbons (Fsp3) is 0.429. The van der Waals surface area contributed by atoms with Crippen LogP contribution in [0.25, 0.3) is 0 Å². The molecule has 0 radical (unpaired) electrons. The minimum absolute atomic E-state index is 0. The van der Waals surface area contributed by atoms with Crippen LogP contribution in [0, 0.1) is 12.0 Å². The van der Waals surface area contributed by atoms with E-state index in [1.807, 2.05) is 0 Å². The van der Waals surface area contributed by atoms with Gasteiger partial charge in [0.2, 0.25) is 0 Å². The average molecular weight is 343 g/mol. The van der Waals surface area contributed by atoms with Gasteiger partial charge in [-0.15, -0.1) is 0 Å². The number of rotatable bonds is 0. The Morgan fingerprint density at radius 1 is 1.40 bits per heavy atom. The van der Waals surface area contributed by atoms with E-state index in [2.05, 4.69) is 32.1 Å². The molecule has 1 atom stereocenters. The topological polar surface area (TPSA) is 0 Å². The van der Waals surface area contributed by atoms with Crippen molar-refractivity contribution < 1.29 is 50.7 Å². The molecule has 1 unspecified atom stereocenters. The molecule has 0 bridgehead atoms. The smallest absolute Gasteiger partial charge is 0 e. The summed E-state index contributed by atoms with van der Waals surface area (Å²) in [7, 11) is 0. The van der Waals surface area contributed by atoms with Gasteiger partial charge in [-0.05, 0) is 0 Å². The van der Waals surface area contributed by atoms with Crippen LogP contribution in [0.3, 0.4) is 0 Å². The Morgan fingerprint density at radius 3 is 2.00 bits per heavy atom. The predicted molar refractivity (Wildman–Crippen MR) is 30.7 cm³/mol. The molecule has 0 amide bonds. The van der Waals surface area contributed by atoms with E-state index in [1.54, 1.807) is 0 Å². The largest absolute Gasteiger partial charge is 1.00 e. The monoisotopic (exact) mass is 343 g/mol. The van der Waals surface area contributed by atoms with Gasteiger partial charge in [-0.3, -0.25) is 6.08 Å². The van der Waals surface area contributed by atoms with Gasteiger partial charge in [-0.2, -0.15) is 6.08 Å². The molecule has 0 fully saturated rings. The van der Waals surface area contributed by atoms with Gasteiger partial charge in [0.1, 0.15) is 0 Å². The van der Waals surface area contributed by atoms with Crippen molar-refractivity contribution in [2.75, 3.05) is 0 Å². The summed E-state index contributed by atoms with van der Waals surface area (Å²) >= 11 is 0. The minimum Gasteiger partial charge on any atom is -1.00 e. The molecule has 0 saturated heterocycles. The Balaban J connectivity index is -0.000000163. The molecular formula is C7H9Cl2Hf-3. The summed E-state index contributed by atoms with van der Waals surface area (Å²) in [6, 6.07) is 0. The van der Waals surface area contributed by atoms with Gasteiger partial charge in [0, 0.05) is 25.8 Å². The second-order valence-electron chi connectivity index (χ2n) is 1.98. The van der Waals surface area contributed by atoms with Crippen molar-refractivity contribution in [3.63, 3.8) is 0 Å². The van der Waals surface area contributed by atoms with E-state index in [0.29, 0.717) is 5.92 Å². The van der Waals surface area contributed by atoms with Crippen LogP contribution in [-0.4, -0.2) is 0 Å². The maximum atomic E-state index is 3.22. The summed E-state index contributed by atoms with van der Waals surface area (Å²) < 4.78 is 0. The number of hydrogen-bond acceptors (Lipinski definition) is 0. The van der Waals surface area contributed by atoms with Crippen molar-refractivity contribution in [3.8, 4) is 0 Å². The molecule has 0 aromatic rings. The standard InChI is InChI=1S/C7H9.2ClH.Hf/c1-6-3-4-7(2)5-6;;;/h3-4,6H,1-2H3;2*1H;/q-1;;;/p-2. The van der Waals surface area contributed by atoms with E-state index in [9.17, 15) is 0 Å². The van der Waals surface area contributed by atoms with E-state index in [-0.39, 0.29) is 50.7 Å². The molecule has 0 saturated carbocycles. The summed E-state index contributed by atoms with van der Waals surface area (Å²) in [5.74, 6) is 0.556. The Morgan fingerprint density at radius 2 is 1.90 bits per heavy atom. The second kappa shape index (κ2) is 8.03. The van der Waals surface area contributed by atoms with E-state index in [1.165, 1.54) is 5.57 Å². The van der Waals surface area contributed by atoms with E-state index < -0.39 is 0 Å². The van der Waals surface area contributed by atoms with Crippen LogP contribution in [0.5, 0.6) is 0 Å². The van der Waals surface area contributed by atoms with Crippen LogP contribution in [-0.2, 0) is 25.8 Å². The molecule has 1 aliphatic carbocycles. The minimum atomic E-state index is 0. The van der Waals surface area contributed by atoms with Crippen molar-refractivity contribution in [1.29, 1.82) is 0 Å². The van der Waals surface area contributed by atoms with Crippen LogP contribution in [0.4, 0.5) is 0 Å². The summed E-state index contributed by atoms with van der Waals surface area (Å²) in [6.45, 7) is 4.20. The predicted octanol–water partition coefficient (Wildman–Crippen LogP) is -4.05. The number of hydrogen-bond donors (Lipinski definition) is 0. The molecule has 0 N–H and O–H groups in total. The summed E-state index contributed by atoms with van der Waals surface area (Å²) in [4.78, 5) is 0. The molecule has 0 nitrogen and oxygen atoms in total. The summed E-state index contributed by atoms with van der Waals surface area (Å²) in [5.41, 5.74) is 1.27. The molecule has 1 rings (SSSR count). The first-order chi connectivity index (χ1) is 3.29. The zero-order valence-corrected chi connectivity index (χ0v) is 11.1. The van der Waals surface area contributed by atoms with Gasteiger partial charge < -0.3 is 24.8 Å². The van der Waals surface area contributed by atoms with Crippen molar-refractivity contribution >= 4 is 0 Å². The van der Waals surface area contributed by atoms with Gasteiger partial charge in [-0.1, -0.05) is 19.8 Å². The first-order valence-corrected chi connectivity index (χ1v) is 2.57. The first-order valence-electron chi connectivity index (χ1n) is 2.57. The second-order valence-corrected chi connectivity index (χ2v) is 1.98. The van der Waals surface area contributed by atoms with Crippen molar-refractivity contribution in [2.24, 2.45) is 5.92 Å². The zero-order chi connectivity index (χ0) is 5.28. The van der Waals surface area contributed by atoms with Gasteiger partial charge in [0.15, 0.2) is 0 Å². The van der Waals surface area contributed by atoms with Crippen molar-refractivity contribution in [2.45, 2.75) is 13.8 Å². The molecule has 10 heavy (non-hydrogen) atoms. The van der Waals surface area contributed by atoms with Gasteiger partial charge in [-0.25, -0.2) is 11.6 Å². The Labute approximate surface area is 93.8 Å². The van der Waals surface area contributed by atoms with E-state index in [4.69, 9.17) is 0 Å². The van der Waals surface area contributed by atoms with Crippen LogP contribution in [0.2, 0.25) is 0 Å². The zero-order valence-electron chi connectivity index (χ0n) is 5.99. The molecule has 58 valence electrons. The van der Waals surface area contributed by atoms with Crippen molar-refractivity contribution in [1.82, 2.24) is 0 Å². The van der Waals surface area contributed by atoms with Crippen LogP contribution in [0.15, 0.2) is 17.7 Å². The Hall–Kier alpha value is 0.930. The molecule has 0 aromatic heterocycles. The first kappa shape index (κ1) is 17.1. The SMILES string of the molecule is CC1=[C-]C(C)C=C1.[Cl-].[Cl-].[Hf]. The van der Waals surface area contributed by atoms with E-state index in [0.717, 1.165) is 0 Å². The third kappa shape index (κ3) is 5.70. The van der Waals surface area contributed by atoms with Crippen LogP contribution in [0.1, 0.15) is 13.8 Å². The number of allylic oxidation sites excluding steroid dienone is 4. The third-order valence-electron chi connectivity index (χ3n) is 1.09. The summed E-state index contributed by atoms with van der Waals surface area (Å²) in [5, 5.41) is 0. The molecule has 0 aliphatic heterocycles. The van der Waals surface area contributed by atoms with Crippen LogP contribution >= 0.6 is 0 Å². The van der Waals surface area contributed by atoms with Gasteiger partial charge >= 0.3 is 0 Å². The molecule has 0 aromatic carbocycles. The quantitative estimate of drug-likeness (QED) is 0.311. The van der Waals surface area contributed by atoms with Crippen LogP contribution < -0.4 is 24.8 Å². The Bertz CT molecular complexity index is 130. The number of halogens is 2. The van der Waals surface area contributed by atoms with Crippen molar-refractivity contribution in [3.05, 3.63) is 23.8 Å². The molecular weight excluding hydrogens is 333 g/mol. The maximum Gasteiger partial charge on any atom is 0 e. The molecule has 3 heteroatoms. The average Bonchev–Trinajstić information content (AvgIpc) is 1.87.